The number of rotatable bonds is 5. The minimum Gasteiger partial charge on any atom is -0.477 e. The molecule has 2 rings (SSSR count). The quantitative estimate of drug-likeness (QED) is 0.855. The average molecular weight is 319 g/mol. The highest BCUT2D eigenvalue weighted by Crippen LogP contribution is 2.30. The number of carbonyl (C=O) groups is 1. The lowest BCUT2D eigenvalue weighted by molar-refractivity contribution is 0.0702. The summed E-state index contributed by atoms with van der Waals surface area (Å²) in [5, 5.41) is 17.9. The number of nitrogens with zero attached hydrogens (tertiary/aromatic N) is 1. The number of aliphatic hydroxyl groups is 1. The van der Waals surface area contributed by atoms with Crippen molar-refractivity contribution in [2.24, 2.45) is 0 Å². The molecule has 0 saturated carbocycles. The van der Waals surface area contributed by atoms with E-state index in [1.165, 1.54) is 16.4 Å². The monoisotopic (exact) mass is 319 g/mol. The molecule has 1 aromatic rings. The zero-order valence-electron chi connectivity index (χ0n) is 10.9. The molecular weight excluding hydrogens is 302 g/mol. The number of piperidine rings is 1. The second-order valence-corrected chi connectivity index (χ2v) is 7.90. The van der Waals surface area contributed by atoms with Crippen LogP contribution in [0.25, 0.3) is 0 Å². The molecule has 0 radical (unpaired) electrons. The smallest absolute Gasteiger partial charge is 0.345 e. The lowest BCUT2D eigenvalue weighted by atomic mass is 10.0. The summed E-state index contributed by atoms with van der Waals surface area (Å²) in [5.74, 6) is -1.12. The number of aromatic carboxylic acids is 1. The maximum absolute atomic E-state index is 12.6. The summed E-state index contributed by atoms with van der Waals surface area (Å²) in [6.07, 6.45) is 2.88. The van der Waals surface area contributed by atoms with E-state index in [0.29, 0.717) is 13.0 Å². The van der Waals surface area contributed by atoms with Crippen LogP contribution in [-0.4, -0.2) is 48.1 Å². The van der Waals surface area contributed by atoms with Crippen molar-refractivity contribution in [2.45, 2.75) is 35.9 Å². The Hall–Kier alpha value is -0.960. The van der Waals surface area contributed by atoms with E-state index in [0.717, 1.165) is 30.6 Å². The number of hydrogen-bond donors (Lipinski definition) is 2. The van der Waals surface area contributed by atoms with Crippen LogP contribution in [0.3, 0.4) is 0 Å². The van der Waals surface area contributed by atoms with Crippen LogP contribution >= 0.6 is 11.3 Å². The summed E-state index contributed by atoms with van der Waals surface area (Å²) < 4.78 is 26.6. The van der Waals surface area contributed by atoms with Crippen molar-refractivity contribution in [1.29, 1.82) is 0 Å². The number of hydrogen-bond acceptors (Lipinski definition) is 5. The molecule has 6 nitrogen and oxygen atoms in total. The topological polar surface area (TPSA) is 94.9 Å². The van der Waals surface area contributed by atoms with Crippen molar-refractivity contribution < 1.29 is 23.4 Å². The fourth-order valence-corrected chi connectivity index (χ4v) is 5.42. The first kappa shape index (κ1) is 15.4. The van der Waals surface area contributed by atoms with Crippen molar-refractivity contribution in [2.75, 3.05) is 13.2 Å². The van der Waals surface area contributed by atoms with Crippen molar-refractivity contribution in [3.63, 3.8) is 0 Å². The maximum atomic E-state index is 12.6. The molecule has 2 heterocycles. The van der Waals surface area contributed by atoms with Crippen LogP contribution in [0.5, 0.6) is 0 Å². The van der Waals surface area contributed by atoms with E-state index >= 15 is 0 Å². The zero-order chi connectivity index (χ0) is 14.8. The normalized spacial score (nSPS) is 20.9. The summed E-state index contributed by atoms with van der Waals surface area (Å²) in [6.45, 7) is 0.370. The molecule has 0 amide bonds. The van der Waals surface area contributed by atoms with Gasteiger partial charge in [0.05, 0.1) is 0 Å². The van der Waals surface area contributed by atoms with Crippen molar-refractivity contribution in [3.05, 3.63) is 17.0 Å². The Morgan fingerprint density at radius 1 is 1.40 bits per heavy atom. The van der Waals surface area contributed by atoms with Gasteiger partial charge in [-0.05, 0) is 31.4 Å². The predicted molar refractivity (Wildman–Crippen MR) is 74.5 cm³/mol. The van der Waals surface area contributed by atoms with Gasteiger partial charge in [-0.3, -0.25) is 0 Å². The first-order valence-corrected chi connectivity index (χ1v) is 8.68. The molecule has 0 aromatic carbocycles. The van der Waals surface area contributed by atoms with Crippen LogP contribution < -0.4 is 0 Å². The summed E-state index contributed by atoms with van der Waals surface area (Å²) in [6, 6.07) is 2.45. The molecule has 20 heavy (non-hydrogen) atoms. The van der Waals surface area contributed by atoms with E-state index in [1.807, 2.05) is 0 Å². The lowest BCUT2D eigenvalue weighted by Crippen LogP contribution is -2.43. The molecule has 8 heteroatoms. The van der Waals surface area contributed by atoms with Gasteiger partial charge in [-0.15, -0.1) is 11.3 Å². The molecule has 0 aliphatic carbocycles. The minimum absolute atomic E-state index is 0.0132. The van der Waals surface area contributed by atoms with Crippen molar-refractivity contribution in [1.82, 2.24) is 4.31 Å². The summed E-state index contributed by atoms with van der Waals surface area (Å²) in [4.78, 5) is 10.9. The van der Waals surface area contributed by atoms with Gasteiger partial charge in [0.15, 0.2) is 0 Å². The second kappa shape index (κ2) is 6.21. The molecule has 1 unspecified atom stereocenters. The number of thiophene rings is 1. The van der Waals surface area contributed by atoms with Gasteiger partial charge < -0.3 is 10.2 Å². The summed E-state index contributed by atoms with van der Waals surface area (Å²) in [7, 11) is -3.67. The van der Waals surface area contributed by atoms with Gasteiger partial charge in [-0.1, -0.05) is 6.42 Å². The van der Waals surface area contributed by atoms with Gasteiger partial charge in [-0.2, -0.15) is 4.31 Å². The molecule has 1 aromatic heterocycles. The third-order valence-electron chi connectivity index (χ3n) is 3.39. The first-order chi connectivity index (χ1) is 9.46. The summed E-state index contributed by atoms with van der Waals surface area (Å²) >= 11 is 0.770. The molecule has 1 fully saturated rings. The van der Waals surface area contributed by atoms with Gasteiger partial charge >= 0.3 is 5.97 Å². The molecule has 112 valence electrons. The van der Waals surface area contributed by atoms with Crippen molar-refractivity contribution in [3.8, 4) is 0 Å². The average Bonchev–Trinajstić information content (AvgIpc) is 2.90. The fraction of sp³-hybridized carbons (Fsp3) is 0.583. The molecule has 0 spiro atoms. The highest BCUT2D eigenvalue weighted by Gasteiger charge is 2.34. The van der Waals surface area contributed by atoms with Crippen molar-refractivity contribution >= 4 is 27.3 Å². The number of aliphatic hydroxyl groups excluding tert-OH is 1. The highest BCUT2D eigenvalue weighted by molar-refractivity contribution is 7.91. The fourth-order valence-electron chi connectivity index (χ4n) is 2.42. The van der Waals surface area contributed by atoms with Crippen LogP contribution in [0.2, 0.25) is 0 Å². The third kappa shape index (κ3) is 3.03. The maximum Gasteiger partial charge on any atom is 0.345 e. The number of carboxylic acid groups (broad SMARTS) is 1. The van der Waals surface area contributed by atoms with E-state index in [4.69, 9.17) is 10.2 Å². The molecule has 2 N–H and O–H groups in total. The van der Waals surface area contributed by atoms with Gasteiger partial charge in [0.2, 0.25) is 0 Å². The van der Waals surface area contributed by atoms with Crippen LogP contribution in [0.4, 0.5) is 0 Å². The van der Waals surface area contributed by atoms with Crippen LogP contribution in [-0.2, 0) is 10.0 Å². The molecule has 0 bridgehead atoms. The summed E-state index contributed by atoms with van der Waals surface area (Å²) in [5.41, 5.74) is 0. The molecule has 1 aliphatic rings. The second-order valence-electron chi connectivity index (χ2n) is 4.70. The molecule has 1 saturated heterocycles. The predicted octanol–water partition coefficient (Wildman–Crippen LogP) is 1.37. The molecular formula is C12H17NO5S2. The van der Waals surface area contributed by atoms with Gasteiger partial charge in [0.25, 0.3) is 10.0 Å². The van der Waals surface area contributed by atoms with Crippen LogP contribution in [0.1, 0.15) is 35.4 Å². The standard InChI is InChI=1S/C12H17NO5S2/c14-8-6-9-3-1-2-7-13(9)20(17,18)11-5-4-10(19-11)12(15)16/h4-5,9,14H,1-3,6-8H2,(H,15,16). The first-order valence-electron chi connectivity index (χ1n) is 6.42. The Bertz CT molecular complexity index is 578. The molecule has 1 atom stereocenters. The van der Waals surface area contributed by atoms with Gasteiger partial charge in [0, 0.05) is 19.2 Å². The Morgan fingerprint density at radius 3 is 2.75 bits per heavy atom. The SMILES string of the molecule is O=C(O)c1ccc(S(=O)(=O)N2CCCCC2CCO)s1. The van der Waals surface area contributed by atoms with E-state index < -0.39 is 16.0 Å². The van der Waals surface area contributed by atoms with Crippen LogP contribution in [0, 0.1) is 0 Å². The lowest BCUT2D eigenvalue weighted by Gasteiger charge is -2.33. The number of sulfonamides is 1. The zero-order valence-corrected chi connectivity index (χ0v) is 12.5. The van der Waals surface area contributed by atoms with E-state index in [-0.39, 0.29) is 21.7 Å². The number of carboxylic acids is 1. The van der Waals surface area contributed by atoms with Gasteiger partial charge in [-0.25, -0.2) is 13.2 Å². The molecule has 1 aliphatic heterocycles. The highest BCUT2D eigenvalue weighted by atomic mass is 32.2. The van der Waals surface area contributed by atoms with E-state index in [1.54, 1.807) is 0 Å². The van der Waals surface area contributed by atoms with Gasteiger partial charge in [0.1, 0.15) is 9.09 Å². The Labute approximate surface area is 121 Å². The third-order valence-corrected chi connectivity index (χ3v) is 6.88. The van der Waals surface area contributed by atoms with E-state index in [9.17, 15) is 13.2 Å². The Kier molecular flexibility index (Phi) is 4.79. The van der Waals surface area contributed by atoms with Crippen LogP contribution in [0.15, 0.2) is 16.3 Å². The largest absolute Gasteiger partial charge is 0.477 e. The Balaban J connectivity index is 2.29. The Morgan fingerprint density at radius 2 is 2.15 bits per heavy atom. The van der Waals surface area contributed by atoms with E-state index in [2.05, 4.69) is 0 Å². The minimum atomic E-state index is -3.67.